The maximum Gasteiger partial charge on any atom is 0.148 e. The second-order valence-corrected chi connectivity index (χ2v) is 5.82. The molecule has 3 heteroatoms. The van der Waals surface area contributed by atoms with Crippen molar-refractivity contribution >= 4 is 6.29 Å². The van der Waals surface area contributed by atoms with Crippen LogP contribution in [-0.4, -0.2) is 6.29 Å². The zero-order valence-electron chi connectivity index (χ0n) is 16.0. The lowest BCUT2D eigenvalue weighted by Gasteiger charge is -2.08. The van der Waals surface area contributed by atoms with Gasteiger partial charge in [-0.25, -0.2) is 0 Å². The third-order valence-corrected chi connectivity index (χ3v) is 3.84. The van der Waals surface area contributed by atoms with E-state index in [0.717, 1.165) is 42.3 Å². The minimum absolute atomic E-state index is 0.277. The molecule has 0 aromatic heterocycles. The van der Waals surface area contributed by atoms with Crippen LogP contribution in [0.2, 0.25) is 0 Å². The number of carbonyl (C=O) groups is 1. The molecule has 0 radical (unpaired) electrons. The molecule has 3 nitrogen and oxygen atoms in total. The molecule has 0 rings (SSSR count). The van der Waals surface area contributed by atoms with E-state index < -0.39 is 0 Å². The van der Waals surface area contributed by atoms with Gasteiger partial charge in [-0.15, -0.1) is 0 Å². The number of hydrogen-bond donors (Lipinski definition) is 1. The van der Waals surface area contributed by atoms with E-state index in [9.17, 15) is 4.79 Å². The first-order valence-electron chi connectivity index (χ1n) is 8.84. The van der Waals surface area contributed by atoms with E-state index in [2.05, 4.69) is 26.2 Å². The van der Waals surface area contributed by atoms with Crippen LogP contribution in [-0.2, 0) is 4.79 Å². The number of nitrogens with zero attached hydrogens (tertiary/aromatic N) is 1. The number of rotatable bonds is 12. The van der Waals surface area contributed by atoms with Gasteiger partial charge in [-0.1, -0.05) is 69.0 Å². The Hall–Kier alpha value is -2.86. The van der Waals surface area contributed by atoms with Gasteiger partial charge in [-0.3, -0.25) is 4.79 Å². The predicted molar refractivity (Wildman–Crippen MR) is 111 cm³/mol. The van der Waals surface area contributed by atoms with Crippen molar-refractivity contribution in [3.05, 3.63) is 83.7 Å². The minimum Gasteiger partial charge on any atom is -0.402 e. The molecule has 0 bridgehead atoms. The standard InChI is InChI=1S/C23H30N2O/c1-5-8-10-11-21(15-16-24)19(4)13-14-20(7-3)17-22(18-26)23(25)12-9-6-2/h5,7-8,10-11,13-14,18H,1,4,6,9,12,15,17,25H2,2-3H3/b10-8-,14-13-,20-7+,21-11+,23-22-. The highest BCUT2D eigenvalue weighted by molar-refractivity contribution is 5.75. The van der Waals surface area contributed by atoms with Gasteiger partial charge in [0, 0.05) is 17.7 Å². The van der Waals surface area contributed by atoms with Gasteiger partial charge < -0.3 is 5.73 Å². The maximum absolute atomic E-state index is 11.4. The van der Waals surface area contributed by atoms with Gasteiger partial charge in [0.25, 0.3) is 0 Å². The highest BCUT2D eigenvalue weighted by Gasteiger charge is 2.05. The van der Waals surface area contributed by atoms with Crippen LogP contribution in [0.15, 0.2) is 83.7 Å². The number of nitrogens with two attached hydrogens (primary N) is 1. The first-order valence-corrected chi connectivity index (χ1v) is 8.84. The Bertz CT molecular complexity index is 679. The molecule has 0 saturated heterocycles. The number of unbranched alkanes of at least 4 members (excludes halogenated alkanes) is 1. The van der Waals surface area contributed by atoms with E-state index in [0.29, 0.717) is 17.7 Å². The summed E-state index contributed by atoms with van der Waals surface area (Å²) in [6.07, 6.45) is 17.3. The molecule has 0 saturated carbocycles. The van der Waals surface area contributed by atoms with Crippen molar-refractivity contribution in [3.8, 4) is 6.07 Å². The number of carbonyl (C=O) groups excluding carboxylic acids is 1. The van der Waals surface area contributed by atoms with Crippen LogP contribution in [0.3, 0.4) is 0 Å². The third kappa shape index (κ3) is 9.44. The summed E-state index contributed by atoms with van der Waals surface area (Å²) in [6.45, 7) is 11.7. The summed E-state index contributed by atoms with van der Waals surface area (Å²) in [4.78, 5) is 11.4. The van der Waals surface area contributed by atoms with Gasteiger partial charge in [0.15, 0.2) is 0 Å². The molecule has 26 heavy (non-hydrogen) atoms. The fourth-order valence-electron chi connectivity index (χ4n) is 2.17. The third-order valence-electron chi connectivity index (χ3n) is 3.84. The van der Waals surface area contributed by atoms with Crippen molar-refractivity contribution in [1.29, 1.82) is 5.26 Å². The second kappa shape index (κ2) is 14.5. The van der Waals surface area contributed by atoms with Gasteiger partial charge in [-0.2, -0.15) is 5.26 Å². The average Bonchev–Trinajstić information content (AvgIpc) is 2.65. The van der Waals surface area contributed by atoms with Crippen molar-refractivity contribution in [2.24, 2.45) is 5.73 Å². The SMILES string of the molecule is C=C/C=C\C=C(/CC#N)C(=C)/C=C\C(=C/C)C/C(C=O)=C(/N)CCCC. The molecule has 0 spiro atoms. The molecule has 2 N–H and O–H groups in total. The number of hydrogen-bond acceptors (Lipinski definition) is 3. The van der Waals surface area contributed by atoms with Crippen molar-refractivity contribution < 1.29 is 4.79 Å². The Kier molecular flexibility index (Phi) is 12.9. The zero-order chi connectivity index (χ0) is 19.8. The fraction of sp³-hybridized carbons (Fsp3) is 0.304. The van der Waals surface area contributed by atoms with Crippen LogP contribution in [0.5, 0.6) is 0 Å². The summed E-state index contributed by atoms with van der Waals surface area (Å²) >= 11 is 0. The van der Waals surface area contributed by atoms with Crippen LogP contribution >= 0.6 is 0 Å². The molecule has 0 fully saturated rings. The Morgan fingerprint density at radius 2 is 2.00 bits per heavy atom. The van der Waals surface area contributed by atoms with Crippen LogP contribution in [0, 0.1) is 11.3 Å². The van der Waals surface area contributed by atoms with E-state index in [1.165, 1.54) is 0 Å². The van der Waals surface area contributed by atoms with Crippen LogP contribution < -0.4 is 5.73 Å². The second-order valence-electron chi connectivity index (χ2n) is 5.82. The summed E-state index contributed by atoms with van der Waals surface area (Å²) < 4.78 is 0. The quantitative estimate of drug-likeness (QED) is 0.282. The van der Waals surface area contributed by atoms with E-state index in [-0.39, 0.29) is 6.42 Å². The van der Waals surface area contributed by atoms with Crippen molar-refractivity contribution in [1.82, 2.24) is 0 Å². The molecule has 0 unspecified atom stereocenters. The lowest BCUT2D eigenvalue weighted by atomic mass is 9.99. The zero-order valence-corrected chi connectivity index (χ0v) is 16.0. The van der Waals surface area contributed by atoms with Crippen molar-refractivity contribution in [2.75, 3.05) is 0 Å². The monoisotopic (exact) mass is 350 g/mol. The molecule has 0 amide bonds. The molecule has 0 aromatic rings. The van der Waals surface area contributed by atoms with E-state index in [1.54, 1.807) is 12.2 Å². The molecule has 0 aliphatic carbocycles. The summed E-state index contributed by atoms with van der Waals surface area (Å²) in [5.41, 5.74) is 9.91. The molecule has 0 aliphatic heterocycles. The first-order chi connectivity index (χ1) is 12.5. The normalized spacial score (nSPS) is 13.6. The summed E-state index contributed by atoms with van der Waals surface area (Å²) in [5, 5.41) is 8.98. The van der Waals surface area contributed by atoms with Crippen LogP contribution in [0.25, 0.3) is 0 Å². The average molecular weight is 351 g/mol. The lowest BCUT2D eigenvalue weighted by molar-refractivity contribution is -0.105. The van der Waals surface area contributed by atoms with Gasteiger partial charge >= 0.3 is 0 Å². The van der Waals surface area contributed by atoms with E-state index >= 15 is 0 Å². The highest BCUT2D eigenvalue weighted by atomic mass is 16.1. The van der Waals surface area contributed by atoms with Gasteiger partial charge in [0.1, 0.15) is 6.29 Å². The highest BCUT2D eigenvalue weighted by Crippen LogP contribution is 2.19. The Balaban J connectivity index is 5.25. The summed E-state index contributed by atoms with van der Waals surface area (Å²) in [6, 6.07) is 2.15. The fourth-order valence-corrected chi connectivity index (χ4v) is 2.17. The maximum atomic E-state index is 11.4. The number of allylic oxidation sites excluding steroid dienone is 12. The summed E-state index contributed by atoms with van der Waals surface area (Å²) in [5.74, 6) is 0. The number of nitriles is 1. The van der Waals surface area contributed by atoms with Crippen molar-refractivity contribution in [3.63, 3.8) is 0 Å². The molecule has 0 aliphatic rings. The van der Waals surface area contributed by atoms with Crippen LogP contribution in [0.4, 0.5) is 0 Å². The molecular formula is C23H30N2O. The summed E-state index contributed by atoms with van der Waals surface area (Å²) in [7, 11) is 0. The molecule has 0 atom stereocenters. The molecule has 0 aromatic carbocycles. The van der Waals surface area contributed by atoms with Crippen molar-refractivity contribution in [2.45, 2.75) is 46.0 Å². The number of aldehydes is 1. The Morgan fingerprint density at radius 1 is 1.27 bits per heavy atom. The minimum atomic E-state index is 0.277. The Morgan fingerprint density at radius 3 is 2.54 bits per heavy atom. The lowest BCUT2D eigenvalue weighted by Crippen LogP contribution is -2.04. The van der Waals surface area contributed by atoms with Crippen LogP contribution in [0.1, 0.15) is 46.0 Å². The van der Waals surface area contributed by atoms with E-state index in [1.807, 2.05) is 37.3 Å². The molecule has 138 valence electrons. The van der Waals surface area contributed by atoms with Gasteiger partial charge in [0.2, 0.25) is 0 Å². The topological polar surface area (TPSA) is 66.9 Å². The van der Waals surface area contributed by atoms with E-state index in [4.69, 9.17) is 11.0 Å². The molecular weight excluding hydrogens is 320 g/mol. The smallest absolute Gasteiger partial charge is 0.148 e. The molecule has 0 heterocycles. The first kappa shape index (κ1) is 23.1. The van der Waals surface area contributed by atoms with Gasteiger partial charge in [0.05, 0.1) is 12.5 Å². The Labute approximate surface area is 158 Å². The predicted octanol–water partition coefficient (Wildman–Crippen LogP) is 5.62. The largest absolute Gasteiger partial charge is 0.402 e. The van der Waals surface area contributed by atoms with Gasteiger partial charge in [-0.05, 0) is 36.5 Å².